The van der Waals surface area contributed by atoms with Crippen LogP contribution >= 0.6 is 0 Å². The molecular formula is C19H24N2O4. The smallest absolute Gasteiger partial charge is 0.257 e. The Labute approximate surface area is 146 Å². The fourth-order valence-electron chi connectivity index (χ4n) is 3.86. The molecule has 0 radical (unpaired) electrons. The van der Waals surface area contributed by atoms with Crippen LogP contribution in [0.3, 0.4) is 0 Å². The van der Waals surface area contributed by atoms with E-state index in [0.717, 1.165) is 18.5 Å². The second-order valence-electron chi connectivity index (χ2n) is 7.13. The number of hydrogen-bond donors (Lipinski definition) is 1. The molecule has 1 N–H and O–H groups in total. The van der Waals surface area contributed by atoms with Gasteiger partial charge in [-0.25, -0.2) is 0 Å². The minimum atomic E-state index is -1.03. The van der Waals surface area contributed by atoms with Crippen LogP contribution in [0.15, 0.2) is 34.9 Å². The molecule has 0 aliphatic carbocycles. The van der Waals surface area contributed by atoms with E-state index in [1.807, 2.05) is 24.3 Å². The number of carbonyl (C=O) groups is 1. The van der Waals surface area contributed by atoms with Crippen molar-refractivity contribution in [3.05, 3.63) is 36.1 Å². The van der Waals surface area contributed by atoms with Gasteiger partial charge in [0.15, 0.2) is 0 Å². The Kier molecular flexibility index (Phi) is 4.50. The summed E-state index contributed by atoms with van der Waals surface area (Å²) in [6.45, 7) is 4.00. The zero-order valence-electron chi connectivity index (χ0n) is 14.3. The van der Waals surface area contributed by atoms with Crippen LogP contribution in [0.2, 0.25) is 0 Å². The summed E-state index contributed by atoms with van der Waals surface area (Å²) in [5, 5.41) is 11.9. The first-order valence-corrected chi connectivity index (χ1v) is 8.93. The number of hydrogen-bond acceptors (Lipinski definition) is 5. The minimum absolute atomic E-state index is 0.115. The molecule has 1 aromatic carbocycles. The first kappa shape index (κ1) is 16.6. The van der Waals surface area contributed by atoms with Crippen LogP contribution in [0.1, 0.15) is 23.2 Å². The highest BCUT2D eigenvalue weighted by molar-refractivity contribution is 6.05. The van der Waals surface area contributed by atoms with Gasteiger partial charge in [-0.1, -0.05) is 18.2 Å². The molecule has 0 bridgehead atoms. The zero-order valence-corrected chi connectivity index (χ0v) is 14.3. The molecule has 0 saturated carbocycles. The molecule has 2 fully saturated rings. The lowest BCUT2D eigenvalue weighted by atomic mass is 10.0. The number of likely N-dealkylation sites (tertiary alicyclic amines) is 1. The third-order valence-corrected chi connectivity index (χ3v) is 5.08. The van der Waals surface area contributed by atoms with Gasteiger partial charge in [-0.05, 0) is 32.0 Å². The van der Waals surface area contributed by atoms with E-state index in [1.54, 1.807) is 4.90 Å². The summed E-state index contributed by atoms with van der Waals surface area (Å²) in [7, 11) is 0. The van der Waals surface area contributed by atoms with Gasteiger partial charge in [0.2, 0.25) is 0 Å². The Balaban J connectivity index is 1.54. The Morgan fingerprint density at radius 1 is 1.20 bits per heavy atom. The Morgan fingerprint density at radius 3 is 2.84 bits per heavy atom. The maximum atomic E-state index is 13.0. The Morgan fingerprint density at radius 2 is 2.00 bits per heavy atom. The molecule has 2 aliphatic rings. The normalized spacial score (nSPS) is 25.4. The lowest BCUT2D eigenvalue weighted by Gasteiger charge is -2.33. The van der Waals surface area contributed by atoms with E-state index in [-0.39, 0.29) is 19.1 Å². The van der Waals surface area contributed by atoms with Crippen LogP contribution in [-0.2, 0) is 4.74 Å². The van der Waals surface area contributed by atoms with Crippen molar-refractivity contribution in [2.75, 3.05) is 45.9 Å². The fourth-order valence-corrected chi connectivity index (χ4v) is 3.86. The van der Waals surface area contributed by atoms with Crippen molar-refractivity contribution in [1.29, 1.82) is 0 Å². The molecule has 3 heterocycles. The number of nitrogens with zero attached hydrogens (tertiary/aromatic N) is 2. The maximum absolute atomic E-state index is 13.0. The number of amides is 1. The van der Waals surface area contributed by atoms with Crippen molar-refractivity contribution in [3.63, 3.8) is 0 Å². The number of furan rings is 1. The molecule has 2 aromatic rings. The van der Waals surface area contributed by atoms with Crippen molar-refractivity contribution in [2.45, 2.75) is 18.4 Å². The van der Waals surface area contributed by atoms with Gasteiger partial charge in [0.05, 0.1) is 25.3 Å². The van der Waals surface area contributed by atoms with Crippen molar-refractivity contribution in [2.24, 2.45) is 0 Å². The third-order valence-electron chi connectivity index (χ3n) is 5.08. The lowest BCUT2D eigenvalue weighted by molar-refractivity contribution is -0.0524. The number of rotatable bonds is 3. The summed E-state index contributed by atoms with van der Waals surface area (Å²) < 4.78 is 11.1. The first-order valence-electron chi connectivity index (χ1n) is 8.93. The second kappa shape index (κ2) is 6.78. The Bertz CT molecular complexity index is 753. The lowest BCUT2D eigenvalue weighted by Crippen LogP contribution is -2.53. The SMILES string of the molecule is O=C(c1coc2ccccc12)N1CCOC[C@](O)(CN2CCCC2)C1. The number of β-amino-alcohol motifs (C(OH)–C–C–N with tert-alkyl or cyclic N) is 1. The van der Waals surface area contributed by atoms with E-state index in [2.05, 4.69) is 4.90 Å². The van der Waals surface area contributed by atoms with E-state index in [9.17, 15) is 9.90 Å². The second-order valence-corrected chi connectivity index (χ2v) is 7.13. The van der Waals surface area contributed by atoms with Crippen LogP contribution in [0.25, 0.3) is 11.0 Å². The molecule has 0 unspecified atom stereocenters. The quantitative estimate of drug-likeness (QED) is 0.919. The van der Waals surface area contributed by atoms with Crippen LogP contribution in [0.4, 0.5) is 0 Å². The zero-order chi connectivity index (χ0) is 17.3. The maximum Gasteiger partial charge on any atom is 0.257 e. The molecule has 1 amide bonds. The van der Waals surface area contributed by atoms with E-state index >= 15 is 0 Å². The molecule has 1 atom stereocenters. The summed E-state index contributed by atoms with van der Waals surface area (Å²) in [5.41, 5.74) is 0.209. The topological polar surface area (TPSA) is 66.2 Å². The van der Waals surface area contributed by atoms with Gasteiger partial charge in [-0.2, -0.15) is 0 Å². The van der Waals surface area contributed by atoms with Crippen LogP contribution < -0.4 is 0 Å². The van der Waals surface area contributed by atoms with Gasteiger partial charge < -0.3 is 24.1 Å². The molecule has 4 rings (SSSR count). The van der Waals surface area contributed by atoms with Crippen LogP contribution in [0, 0.1) is 0 Å². The van der Waals surface area contributed by atoms with Crippen LogP contribution in [0.5, 0.6) is 0 Å². The molecule has 1 aromatic heterocycles. The highest BCUT2D eigenvalue weighted by Gasteiger charge is 2.37. The molecule has 2 aliphatic heterocycles. The summed E-state index contributed by atoms with van der Waals surface area (Å²) in [6.07, 6.45) is 3.85. The van der Waals surface area contributed by atoms with Crippen LogP contribution in [-0.4, -0.2) is 72.4 Å². The number of fused-ring (bicyclic) bond motifs is 1. The third kappa shape index (κ3) is 3.42. The molecule has 6 nitrogen and oxygen atoms in total. The first-order chi connectivity index (χ1) is 12.1. The summed E-state index contributed by atoms with van der Waals surface area (Å²) in [5.74, 6) is -0.115. The fraction of sp³-hybridized carbons (Fsp3) is 0.526. The van der Waals surface area contributed by atoms with Gasteiger partial charge in [0, 0.05) is 18.5 Å². The van der Waals surface area contributed by atoms with E-state index in [4.69, 9.17) is 9.15 Å². The largest absolute Gasteiger partial charge is 0.463 e. The van der Waals surface area contributed by atoms with E-state index in [1.165, 1.54) is 19.1 Å². The molecule has 6 heteroatoms. The average Bonchev–Trinajstić information content (AvgIpc) is 3.22. The van der Waals surface area contributed by atoms with E-state index in [0.29, 0.717) is 30.8 Å². The number of carbonyl (C=O) groups excluding carboxylic acids is 1. The van der Waals surface area contributed by atoms with Crippen molar-refractivity contribution < 1.29 is 19.1 Å². The number of ether oxygens (including phenoxy) is 1. The van der Waals surface area contributed by atoms with Gasteiger partial charge in [-0.3, -0.25) is 4.79 Å². The Hall–Kier alpha value is -1.89. The predicted molar refractivity (Wildman–Crippen MR) is 93.6 cm³/mol. The summed E-state index contributed by atoms with van der Waals surface area (Å²) >= 11 is 0. The van der Waals surface area contributed by atoms with Gasteiger partial charge in [0.25, 0.3) is 5.91 Å². The van der Waals surface area contributed by atoms with Crippen molar-refractivity contribution in [1.82, 2.24) is 9.80 Å². The molecule has 25 heavy (non-hydrogen) atoms. The minimum Gasteiger partial charge on any atom is -0.463 e. The van der Waals surface area contributed by atoms with Gasteiger partial charge in [-0.15, -0.1) is 0 Å². The highest BCUT2D eigenvalue weighted by Crippen LogP contribution is 2.24. The molecular weight excluding hydrogens is 320 g/mol. The number of para-hydroxylation sites is 1. The van der Waals surface area contributed by atoms with Gasteiger partial charge >= 0.3 is 0 Å². The van der Waals surface area contributed by atoms with Gasteiger partial charge in [0.1, 0.15) is 17.4 Å². The average molecular weight is 344 g/mol. The molecule has 2 saturated heterocycles. The molecule has 134 valence electrons. The monoisotopic (exact) mass is 344 g/mol. The van der Waals surface area contributed by atoms with Crippen molar-refractivity contribution in [3.8, 4) is 0 Å². The van der Waals surface area contributed by atoms with Crippen molar-refractivity contribution >= 4 is 16.9 Å². The van der Waals surface area contributed by atoms with E-state index < -0.39 is 5.60 Å². The number of aliphatic hydroxyl groups is 1. The summed E-state index contributed by atoms with van der Waals surface area (Å²) in [4.78, 5) is 17.0. The number of benzene rings is 1. The standard InChI is InChI=1S/C19H24N2O4/c22-18(16-11-25-17-6-2-1-5-15(16)17)21-9-10-24-14-19(23,13-21)12-20-7-3-4-8-20/h1-2,5-6,11,23H,3-4,7-10,12-14H2/t19-/m0/s1. The molecule has 0 spiro atoms. The predicted octanol–water partition coefficient (Wildman–Crippen LogP) is 1.73. The summed E-state index contributed by atoms with van der Waals surface area (Å²) in [6, 6.07) is 7.51. The highest BCUT2D eigenvalue weighted by atomic mass is 16.5.